The van der Waals surface area contributed by atoms with Crippen LogP contribution in [0.3, 0.4) is 0 Å². The number of hydrogen-bond acceptors (Lipinski definition) is 8. The summed E-state index contributed by atoms with van der Waals surface area (Å²) < 4.78 is 5.51. The third kappa shape index (κ3) is 4.22. The van der Waals surface area contributed by atoms with Crippen molar-refractivity contribution in [2.75, 3.05) is 36.1 Å². The molecule has 0 saturated heterocycles. The Kier molecular flexibility index (Phi) is 5.88. The van der Waals surface area contributed by atoms with Crippen LogP contribution in [0.2, 0.25) is 0 Å². The summed E-state index contributed by atoms with van der Waals surface area (Å²) >= 11 is 0. The number of rotatable bonds is 4. The highest BCUT2D eigenvalue weighted by atomic mass is 32.1. The number of carbonyl (C=O) groups is 1. The molecular formula is C15H20N6O3S. The number of carbonyl (C=O) groups excluding carboxylic acids is 1. The first-order chi connectivity index (χ1) is 11.6. The Morgan fingerprint density at radius 3 is 3.00 bits per heavy atom. The SMILES string of the molecule is CNc1nc(Nc2ccc3c(c2)NC[C@H](O)CO3)ncc1C(N)=O.S. The molecule has 10 heteroatoms. The molecule has 0 fully saturated rings. The van der Waals surface area contributed by atoms with E-state index >= 15 is 0 Å². The zero-order valence-electron chi connectivity index (χ0n) is 13.5. The van der Waals surface area contributed by atoms with Gasteiger partial charge in [0.2, 0.25) is 5.95 Å². The highest BCUT2D eigenvalue weighted by molar-refractivity contribution is 7.59. The molecule has 1 aliphatic rings. The summed E-state index contributed by atoms with van der Waals surface area (Å²) in [5, 5.41) is 18.6. The van der Waals surface area contributed by atoms with Crippen LogP contribution in [0.25, 0.3) is 0 Å². The molecule has 1 atom stereocenters. The lowest BCUT2D eigenvalue weighted by Gasteiger charge is -2.12. The first kappa shape index (κ1) is 18.6. The first-order valence-electron chi connectivity index (χ1n) is 7.37. The number of primary amides is 1. The van der Waals surface area contributed by atoms with Crippen LogP contribution in [0, 0.1) is 0 Å². The largest absolute Gasteiger partial charge is 0.489 e. The lowest BCUT2D eigenvalue weighted by Crippen LogP contribution is -2.23. The van der Waals surface area contributed by atoms with Gasteiger partial charge in [0.05, 0.1) is 11.3 Å². The Balaban J connectivity index is 0.00000225. The van der Waals surface area contributed by atoms with E-state index in [9.17, 15) is 9.90 Å². The Morgan fingerprint density at radius 1 is 1.48 bits per heavy atom. The van der Waals surface area contributed by atoms with Gasteiger partial charge in [0.15, 0.2) is 0 Å². The van der Waals surface area contributed by atoms with Gasteiger partial charge in [0, 0.05) is 25.5 Å². The number of nitrogens with zero attached hydrogens (tertiary/aromatic N) is 2. The smallest absolute Gasteiger partial charge is 0.254 e. The normalized spacial score (nSPS) is 15.5. The molecule has 134 valence electrons. The third-order valence-corrected chi connectivity index (χ3v) is 3.49. The number of anilines is 4. The lowest BCUT2D eigenvalue weighted by atomic mass is 10.2. The lowest BCUT2D eigenvalue weighted by molar-refractivity contribution is 0.100. The van der Waals surface area contributed by atoms with Gasteiger partial charge in [0.1, 0.15) is 24.3 Å². The molecule has 25 heavy (non-hydrogen) atoms. The second-order valence-electron chi connectivity index (χ2n) is 5.25. The number of β-amino-alcohol motifs (C(OH)–C–C–N with tert-alkyl or cyclic N) is 1. The number of ether oxygens (including phenoxy) is 1. The fraction of sp³-hybridized carbons (Fsp3) is 0.267. The number of aliphatic hydroxyl groups excluding tert-OH is 1. The van der Waals surface area contributed by atoms with Gasteiger partial charge >= 0.3 is 0 Å². The third-order valence-electron chi connectivity index (χ3n) is 3.49. The molecule has 1 aromatic heterocycles. The predicted molar refractivity (Wildman–Crippen MR) is 100 cm³/mol. The van der Waals surface area contributed by atoms with Gasteiger partial charge in [-0.2, -0.15) is 18.5 Å². The zero-order chi connectivity index (χ0) is 17.1. The average Bonchev–Trinajstić information content (AvgIpc) is 2.76. The Bertz CT molecular complexity index is 773. The van der Waals surface area contributed by atoms with Crippen LogP contribution in [0.1, 0.15) is 10.4 Å². The van der Waals surface area contributed by atoms with Crippen LogP contribution in [-0.4, -0.2) is 47.3 Å². The fourth-order valence-corrected chi connectivity index (χ4v) is 2.29. The average molecular weight is 364 g/mol. The molecular weight excluding hydrogens is 344 g/mol. The van der Waals surface area contributed by atoms with E-state index in [0.717, 1.165) is 11.4 Å². The molecule has 1 aromatic carbocycles. The highest BCUT2D eigenvalue weighted by Crippen LogP contribution is 2.30. The van der Waals surface area contributed by atoms with Gasteiger partial charge in [-0.15, -0.1) is 0 Å². The van der Waals surface area contributed by atoms with Crippen LogP contribution >= 0.6 is 13.5 Å². The maximum atomic E-state index is 11.3. The molecule has 0 radical (unpaired) electrons. The van der Waals surface area contributed by atoms with E-state index in [0.29, 0.717) is 24.1 Å². The molecule has 0 saturated carbocycles. The quantitative estimate of drug-likeness (QED) is 0.533. The number of aromatic nitrogens is 2. The van der Waals surface area contributed by atoms with E-state index in [1.54, 1.807) is 13.1 Å². The summed E-state index contributed by atoms with van der Waals surface area (Å²) in [7, 11) is 1.65. The summed E-state index contributed by atoms with van der Waals surface area (Å²) in [5.74, 6) is 0.729. The minimum Gasteiger partial charge on any atom is -0.489 e. The minimum atomic E-state index is -0.601. The standard InChI is InChI=1S/C15H18N6O3.H2S/c1-17-14-10(13(16)23)6-19-15(21-14)20-8-2-3-12-11(4-8)18-5-9(22)7-24-12;/h2-4,6,9,18,22H,5,7H2,1H3,(H2,16,23)(H2,17,19,20,21);1H2/t9-;/m0./s1. The summed E-state index contributed by atoms with van der Waals surface area (Å²) in [6.07, 6.45) is 0.807. The van der Waals surface area contributed by atoms with E-state index in [1.807, 2.05) is 12.1 Å². The molecule has 1 amide bonds. The molecule has 6 N–H and O–H groups in total. The molecule has 0 spiro atoms. The van der Waals surface area contributed by atoms with Gasteiger partial charge in [0.25, 0.3) is 5.91 Å². The molecule has 2 aromatic rings. The van der Waals surface area contributed by atoms with Crippen LogP contribution < -0.4 is 26.4 Å². The van der Waals surface area contributed by atoms with Crippen LogP contribution in [0.15, 0.2) is 24.4 Å². The Hall–Kier alpha value is -2.72. The minimum absolute atomic E-state index is 0. The highest BCUT2D eigenvalue weighted by Gasteiger charge is 2.15. The van der Waals surface area contributed by atoms with E-state index in [1.165, 1.54) is 6.20 Å². The van der Waals surface area contributed by atoms with E-state index in [4.69, 9.17) is 10.5 Å². The number of nitrogens with two attached hydrogens (primary N) is 1. The zero-order valence-corrected chi connectivity index (χ0v) is 14.5. The second kappa shape index (κ2) is 7.90. The molecule has 3 rings (SSSR count). The molecule has 9 nitrogen and oxygen atoms in total. The number of benzene rings is 1. The number of amides is 1. The van der Waals surface area contributed by atoms with Crippen molar-refractivity contribution in [3.8, 4) is 5.75 Å². The number of fused-ring (bicyclic) bond motifs is 1. The van der Waals surface area contributed by atoms with Crippen LogP contribution in [-0.2, 0) is 0 Å². The maximum absolute atomic E-state index is 11.3. The summed E-state index contributed by atoms with van der Waals surface area (Å²) in [6.45, 7) is 0.653. The predicted octanol–water partition coefficient (Wildman–Crippen LogP) is 0.639. The van der Waals surface area contributed by atoms with Gasteiger partial charge in [-0.05, 0) is 18.2 Å². The molecule has 2 heterocycles. The Morgan fingerprint density at radius 2 is 2.28 bits per heavy atom. The van der Waals surface area contributed by atoms with Crippen LogP contribution in [0.5, 0.6) is 5.75 Å². The van der Waals surface area contributed by atoms with Gasteiger partial charge in [-0.3, -0.25) is 4.79 Å². The second-order valence-corrected chi connectivity index (χ2v) is 5.25. The van der Waals surface area contributed by atoms with Crippen molar-refractivity contribution >= 4 is 42.5 Å². The van der Waals surface area contributed by atoms with Crippen molar-refractivity contribution in [2.24, 2.45) is 5.73 Å². The summed E-state index contributed by atoms with van der Waals surface area (Å²) in [4.78, 5) is 19.6. The van der Waals surface area contributed by atoms with Crippen molar-refractivity contribution in [1.82, 2.24) is 9.97 Å². The van der Waals surface area contributed by atoms with Crippen molar-refractivity contribution in [1.29, 1.82) is 0 Å². The molecule has 0 bridgehead atoms. The first-order valence-corrected chi connectivity index (χ1v) is 7.37. The molecule has 0 unspecified atom stereocenters. The van der Waals surface area contributed by atoms with Crippen molar-refractivity contribution < 1.29 is 14.6 Å². The van der Waals surface area contributed by atoms with Gasteiger partial charge in [-0.25, -0.2) is 4.98 Å². The van der Waals surface area contributed by atoms with Crippen molar-refractivity contribution in [2.45, 2.75) is 6.10 Å². The van der Waals surface area contributed by atoms with Crippen molar-refractivity contribution in [3.63, 3.8) is 0 Å². The number of aliphatic hydroxyl groups is 1. The molecule has 1 aliphatic heterocycles. The monoisotopic (exact) mass is 364 g/mol. The van der Waals surface area contributed by atoms with E-state index in [2.05, 4.69) is 25.9 Å². The van der Waals surface area contributed by atoms with Crippen molar-refractivity contribution in [3.05, 3.63) is 30.0 Å². The number of hydrogen-bond donors (Lipinski definition) is 5. The van der Waals surface area contributed by atoms with E-state index < -0.39 is 12.0 Å². The molecule has 0 aliphatic carbocycles. The van der Waals surface area contributed by atoms with Crippen LogP contribution in [0.4, 0.5) is 23.1 Å². The topological polar surface area (TPSA) is 134 Å². The summed E-state index contributed by atoms with van der Waals surface area (Å²) in [5.41, 5.74) is 6.98. The maximum Gasteiger partial charge on any atom is 0.254 e. The fourth-order valence-electron chi connectivity index (χ4n) is 2.29. The Labute approximate surface area is 151 Å². The van der Waals surface area contributed by atoms with E-state index in [-0.39, 0.29) is 25.7 Å². The summed E-state index contributed by atoms with van der Waals surface area (Å²) in [6, 6.07) is 5.43. The van der Waals surface area contributed by atoms with Gasteiger partial charge < -0.3 is 31.5 Å². The number of nitrogens with one attached hydrogen (secondary N) is 3. The van der Waals surface area contributed by atoms with Gasteiger partial charge in [-0.1, -0.05) is 0 Å².